The number of rotatable bonds is 2. The third kappa shape index (κ3) is 1.45. The lowest BCUT2D eigenvalue weighted by molar-refractivity contribution is 0.112. The fourth-order valence-corrected chi connectivity index (χ4v) is 2.70. The van der Waals surface area contributed by atoms with E-state index < -0.39 is 0 Å². The highest BCUT2D eigenvalue weighted by Gasteiger charge is 2.07. The number of carbonyl (C=O) groups excluding carboxylic acids is 1. The molecule has 0 bridgehead atoms. The Morgan fingerprint density at radius 3 is 2.93 bits per heavy atom. The van der Waals surface area contributed by atoms with Gasteiger partial charge in [0.1, 0.15) is 0 Å². The Labute approximate surface area is 90.6 Å². The molecular formula is C10H8O2S2. The van der Waals surface area contributed by atoms with Gasteiger partial charge in [-0.2, -0.15) is 0 Å². The first-order valence-corrected chi connectivity index (χ1v) is 5.33. The Bertz CT molecular complexity index is 488. The van der Waals surface area contributed by atoms with Crippen LogP contribution in [-0.4, -0.2) is 11.4 Å². The van der Waals surface area contributed by atoms with Gasteiger partial charge >= 0.3 is 0 Å². The molecule has 4 heteroatoms. The van der Waals surface area contributed by atoms with E-state index in [1.165, 1.54) is 11.3 Å². The predicted octanol–water partition coefficient (Wildman–Crippen LogP) is 2.49. The zero-order chi connectivity index (χ0) is 10.1. The zero-order valence-corrected chi connectivity index (χ0v) is 8.94. The SMILES string of the molecule is O=Cc1ccc2cc(CO)sc2c1S. The minimum absolute atomic E-state index is 0.0307. The van der Waals surface area contributed by atoms with E-state index >= 15 is 0 Å². The third-order valence-corrected chi connectivity index (χ3v) is 3.81. The van der Waals surface area contributed by atoms with Crippen molar-refractivity contribution in [1.29, 1.82) is 0 Å². The van der Waals surface area contributed by atoms with E-state index in [4.69, 9.17) is 5.11 Å². The smallest absolute Gasteiger partial charge is 0.151 e. The average Bonchev–Trinajstić information content (AvgIpc) is 2.62. The first-order chi connectivity index (χ1) is 6.76. The van der Waals surface area contributed by atoms with Crippen molar-refractivity contribution in [2.75, 3.05) is 0 Å². The molecule has 0 aliphatic heterocycles. The van der Waals surface area contributed by atoms with Crippen molar-refractivity contribution in [3.63, 3.8) is 0 Å². The summed E-state index contributed by atoms with van der Waals surface area (Å²) in [4.78, 5) is 12.2. The first kappa shape index (κ1) is 9.71. The second-order valence-electron chi connectivity index (χ2n) is 2.91. The largest absolute Gasteiger partial charge is 0.391 e. The van der Waals surface area contributed by atoms with E-state index in [0.29, 0.717) is 10.5 Å². The van der Waals surface area contributed by atoms with Gasteiger partial charge in [-0.05, 0) is 17.5 Å². The highest BCUT2D eigenvalue weighted by molar-refractivity contribution is 7.80. The Morgan fingerprint density at radius 2 is 2.29 bits per heavy atom. The van der Waals surface area contributed by atoms with Crippen molar-refractivity contribution in [3.8, 4) is 0 Å². The van der Waals surface area contributed by atoms with E-state index in [0.717, 1.165) is 21.2 Å². The lowest BCUT2D eigenvalue weighted by Crippen LogP contribution is -1.80. The van der Waals surface area contributed by atoms with Gasteiger partial charge in [-0.3, -0.25) is 4.79 Å². The van der Waals surface area contributed by atoms with Gasteiger partial charge in [0.25, 0.3) is 0 Å². The van der Waals surface area contributed by atoms with E-state index in [2.05, 4.69) is 12.6 Å². The van der Waals surface area contributed by atoms with Crippen LogP contribution in [0.15, 0.2) is 23.1 Å². The molecule has 0 aliphatic rings. The molecule has 72 valence electrons. The van der Waals surface area contributed by atoms with Gasteiger partial charge in [0, 0.05) is 20.0 Å². The average molecular weight is 224 g/mol. The summed E-state index contributed by atoms with van der Waals surface area (Å²) in [5.74, 6) is 0. The number of hydrogen-bond acceptors (Lipinski definition) is 4. The lowest BCUT2D eigenvalue weighted by Gasteiger charge is -1.97. The van der Waals surface area contributed by atoms with Crippen LogP contribution >= 0.6 is 24.0 Å². The van der Waals surface area contributed by atoms with Gasteiger partial charge < -0.3 is 5.11 Å². The van der Waals surface area contributed by atoms with Gasteiger partial charge in [0.05, 0.1) is 6.61 Å². The molecule has 0 amide bonds. The quantitative estimate of drug-likeness (QED) is 0.607. The number of aldehydes is 1. The van der Waals surface area contributed by atoms with Crippen molar-refractivity contribution in [1.82, 2.24) is 0 Å². The van der Waals surface area contributed by atoms with E-state index in [-0.39, 0.29) is 6.61 Å². The fourth-order valence-electron chi connectivity index (χ4n) is 1.33. The summed E-state index contributed by atoms with van der Waals surface area (Å²) in [5.41, 5.74) is 0.590. The number of hydrogen-bond donors (Lipinski definition) is 2. The molecule has 1 aromatic heterocycles. The molecule has 1 heterocycles. The van der Waals surface area contributed by atoms with Crippen LogP contribution < -0.4 is 0 Å². The van der Waals surface area contributed by atoms with Crippen molar-refractivity contribution >= 4 is 40.3 Å². The van der Waals surface area contributed by atoms with Gasteiger partial charge in [-0.15, -0.1) is 24.0 Å². The van der Waals surface area contributed by atoms with Crippen LogP contribution in [0, 0.1) is 0 Å². The molecule has 0 atom stereocenters. The Kier molecular flexibility index (Phi) is 2.58. The van der Waals surface area contributed by atoms with Crippen LogP contribution in [0.3, 0.4) is 0 Å². The topological polar surface area (TPSA) is 37.3 Å². The van der Waals surface area contributed by atoms with Crippen molar-refractivity contribution in [2.24, 2.45) is 0 Å². The van der Waals surface area contributed by atoms with Crippen LogP contribution in [0.1, 0.15) is 15.2 Å². The first-order valence-electron chi connectivity index (χ1n) is 4.06. The van der Waals surface area contributed by atoms with Crippen molar-refractivity contribution in [3.05, 3.63) is 28.6 Å². The van der Waals surface area contributed by atoms with Gasteiger partial charge in [0.15, 0.2) is 6.29 Å². The molecular weight excluding hydrogens is 216 g/mol. The number of fused-ring (bicyclic) bond motifs is 1. The van der Waals surface area contributed by atoms with E-state index in [1.54, 1.807) is 6.07 Å². The molecule has 0 saturated carbocycles. The molecule has 0 saturated heterocycles. The Hall–Kier alpha value is -0.840. The van der Waals surface area contributed by atoms with Crippen LogP contribution in [0.4, 0.5) is 0 Å². The predicted molar refractivity (Wildman–Crippen MR) is 60.4 cm³/mol. The van der Waals surface area contributed by atoms with Crippen LogP contribution in [0.25, 0.3) is 10.1 Å². The molecule has 1 aromatic carbocycles. The summed E-state index contributed by atoms with van der Waals surface area (Å²) < 4.78 is 0.960. The maximum absolute atomic E-state index is 10.7. The fraction of sp³-hybridized carbons (Fsp3) is 0.100. The number of benzene rings is 1. The summed E-state index contributed by atoms with van der Waals surface area (Å²) in [6.07, 6.45) is 0.792. The highest BCUT2D eigenvalue weighted by Crippen LogP contribution is 2.32. The Balaban J connectivity index is 2.74. The molecule has 0 unspecified atom stereocenters. The maximum atomic E-state index is 10.7. The minimum Gasteiger partial charge on any atom is -0.391 e. The second-order valence-corrected chi connectivity index (χ2v) is 4.49. The number of thiol groups is 1. The summed E-state index contributed by atoms with van der Waals surface area (Å²) >= 11 is 5.76. The van der Waals surface area contributed by atoms with Crippen LogP contribution in [-0.2, 0) is 6.61 Å². The lowest BCUT2D eigenvalue weighted by atomic mass is 10.2. The normalized spacial score (nSPS) is 10.7. The molecule has 2 nitrogen and oxygen atoms in total. The molecule has 0 spiro atoms. The van der Waals surface area contributed by atoms with E-state index in [9.17, 15) is 4.79 Å². The highest BCUT2D eigenvalue weighted by atomic mass is 32.1. The van der Waals surface area contributed by atoms with Crippen LogP contribution in [0.5, 0.6) is 0 Å². The Morgan fingerprint density at radius 1 is 1.50 bits per heavy atom. The minimum atomic E-state index is 0.0307. The molecule has 1 N–H and O–H groups in total. The van der Waals surface area contributed by atoms with Gasteiger partial charge in [-0.1, -0.05) is 6.07 Å². The van der Waals surface area contributed by atoms with Crippen LogP contribution in [0.2, 0.25) is 0 Å². The van der Waals surface area contributed by atoms with Gasteiger partial charge in [-0.25, -0.2) is 0 Å². The van der Waals surface area contributed by atoms with Crippen molar-refractivity contribution in [2.45, 2.75) is 11.5 Å². The summed E-state index contributed by atoms with van der Waals surface area (Å²) in [6, 6.07) is 5.52. The van der Waals surface area contributed by atoms with E-state index in [1.807, 2.05) is 12.1 Å². The molecule has 14 heavy (non-hydrogen) atoms. The molecule has 0 aliphatic carbocycles. The molecule has 0 fully saturated rings. The summed E-state index contributed by atoms with van der Waals surface area (Å²) in [7, 11) is 0. The monoisotopic (exact) mass is 224 g/mol. The standard InChI is InChI=1S/C10H8O2S2/c11-4-7-2-1-6-3-8(5-12)14-10(6)9(7)13/h1-4,12-13H,5H2. The molecule has 0 radical (unpaired) electrons. The number of aliphatic hydroxyl groups excluding tert-OH is 1. The molecule has 2 rings (SSSR count). The second kappa shape index (κ2) is 3.73. The maximum Gasteiger partial charge on any atom is 0.151 e. The zero-order valence-electron chi connectivity index (χ0n) is 7.23. The third-order valence-electron chi connectivity index (χ3n) is 2.03. The summed E-state index contributed by atoms with van der Waals surface area (Å²) in [6.45, 7) is 0.0307. The molecule has 2 aromatic rings. The number of aliphatic hydroxyl groups is 1. The van der Waals surface area contributed by atoms with Crippen molar-refractivity contribution < 1.29 is 9.90 Å². The number of carbonyl (C=O) groups is 1. The van der Waals surface area contributed by atoms with Gasteiger partial charge in [0.2, 0.25) is 0 Å². The number of thiophene rings is 1. The summed E-state index contributed by atoms with van der Waals surface area (Å²) in [5, 5.41) is 9.99.